The normalized spacial score (nSPS) is 19.0. The first-order valence-corrected chi connectivity index (χ1v) is 7.74. The van der Waals surface area contributed by atoms with Gasteiger partial charge in [-0.25, -0.2) is 0 Å². The Balaban J connectivity index is 2.14. The minimum absolute atomic E-state index is 0.0148. The highest BCUT2D eigenvalue weighted by molar-refractivity contribution is 9.10. The number of hydrogen-bond acceptors (Lipinski definition) is 3. The number of anilines is 1. The van der Waals surface area contributed by atoms with Crippen molar-refractivity contribution < 1.29 is 9.59 Å². The summed E-state index contributed by atoms with van der Waals surface area (Å²) >= 11 is 3.44. The summed E-state index contributed by atoms with van der Waals surface area (Å²) < 4.78 is 0.890. The van der Waals surface area contributed by atoms with Crippen LogP contribution in [0.25, 0.3) is 0 Å². The third kappa shape index (κ3) is 2.87. The summed E-state index contributed by atoms with van der Waals surface area (Å²) in [5.41, 5.74) is 0.838. The van der Waals surface area contributed by atoms with Crippen LogP contribution in [-0.4, -0.2) is 28.8 Å². The maximum atomic E-state index is 12.4. The molecule has 4 nitrogen and oxygen atoms in total. The molecule has 5 heteroatoms. The Hall–Kier alpha value is -1.36. The molecule has 0 aliphatic carbocycles. The van der Waals surface area contributed by atoms with Gasteiger partial charge in [0, 0.05) is 16.2 Å². The number of benzene rings is 1. The third-order valence-corrected chi connectivity index (χ3v) is 4.39. The lowest BCUT2D eigenvalue weighted by Crippen LogP contribution is -2.41. The summed E-state index contributed by atoms with van der Waals surface area (Å²) in [5, 5.41) is 3.16. The number of carbonyl (C=O) groups is 2. The second kappa shape index (κ2) is 6.39. The van der Waals surface area contributed by atoms with Gasteiger partial charge in [-0.15, -0.1) is 0 Å². The molecule has 1 atom stereocenters. The summed E-state index contributed by atoms with van der Waals surface area (Å²) in [6.07, 6.45) is 1.84. The molecular weight excluding hydrogens is 320 g/mol. The Kier molecular flexibility index (Phi) is 4.81. The van der Waals surface area contributed by atoms with E-state index in [4.69, 9.17) is 0 Å². The van der Waals surface area contributed by atoms with Gasteiger partial charge in [-0.3, -0.25) is 14.5 Å². The highest BCUT2D eigenvalue weighted by Gasteiger charge is 2.41. The molecule has 108 valence electrons. The van der Waals surface area contributed by atoms with Crippen LogP contribution in [0.1, 0.15) is 33.1 Å². The standard InChI is InChI=1S/C15H19BrN2O2/c1-3-10(4-2)18-14(19)9-13(15(18)20)17-12-8-6-5-7-11(12)16/h5-8,10,13,17H,3-4,9H2,1-2H3. The molecule has 0 spiro atoms. The van der Waals surface area contributed by atoms with Crippen LogP contribution in [0, 0.1) is 0 Å². The molecular formula is C15H19BrN2O2. The molecule has 1 N–H and O–H groups in total. The second-order valence-electron chi connectivity index (χ2n) is 4.95. The fourth-order valence-electron chi connectivity index (χ4n) is 2.57. The van der Waals surface area contributed by atoms with E-state index >= 15 is 0 Å². The molecule has 0 bridgehead atoms. The zero-order valence-corrected chi connectivity index (χ0v) is 13.3. The van der Waals surface area contributed by atoms with E-state index in [0.29, 0.717) is 0 Å². The monoisotopic (exact) mass is 338 g/mol. The Labute approximate surface area is 127 Å². The van der Waals surface area contributed by atoms with Crippen LogP contribution in [0.15, 0.2) is 28.7 Å². The largest absolute Gasteiger partial charge is 0.372 e. The zero-order chi connectivity index (χ0) is 14.7. The van der Waals surface area contributed by atoms with E-state index in [2.05, 4.69) is 21.2 Å². The molecule has 0 radical (unpaired) electrons. The minimum atomic E-state index is -0.457. The van der Waals surface area contributed by atoms with E-state index < -0.39 is 6.04 Å². The van der Waals surface area contributed by atoms with Gasteiger partial charge in [0.2, 0.25) is 5.91 Å². The van der Waals surface area contributed by atoms with Crippen LogP contribution in [0.4, 0.5) is 5.69 Å². The topological polar surface area (TPSA) is 49.4 Å². The van der Waals surface area contributed by atoms with Gasteiger partial charge in [0.1, 0.15) is 6.04 Å². The Morgan fingerprint density at radius 2 is 1.95 bits per heavy atom. The lowest BCUT2D eigenvalue weighted by Gasteiger charge is -2.24. The van der Waals surface area contributed by atoms with Crippen LogP contribution in [0.3, 0.4) is 0 Å². The van der Waals surface area contributed by atoms with Gasteiger partial charge in [0.05, 0.1) is 6.42 Å². The highest BCUT2D eigenvalue weighted by atomic mass is 79.9. The Bertz CT molecular complexity index is 514. The number of rotatable bonds is 5. The van der Waals surface area contributed by atoms with Crippen molar-refractivity contribution in [2.75, 3.05) is 5.32 Å². The maximum absolute atomic E-state index is 12.4. The van der Waals surface area contributed by atoms with Gasteiger partial charge >= 0.3 is 0 Å². The molecule has 0 aromatic heterocycles. The molecule has 1 saturated heterocycles. The first-order valence-electron chi connectivity index (χ1n) is 6.95. The number of nitrogens with zero attached hydrogens (tertiary/aromatic N) is 1. The first-order chi connectivity index (χ1) is 9.58. The maximum Gasteiger partial charge on any atom is 0.252 e. The molecule has 1 heterocycles. The van der Waals surface area contributed by atoms with Crippen LogP contribution in [0.5, 0.6) is 0 Å². The lowest BCUT2D eigenvalue weighted by atomic mass is 10.1. The van der Waals surface area contributed by atoms with E-state index in [1.807, 2.05) is 38.1 Å². The SMILES string of the molecule is CCC(CC)N1C(=O)CC(Nc2ccccc2Br)C1=O. The number of amides is 2. The van der Waals surface area contributed by atoms with Crippen molar-refractivity contribution in [1.29, 1.82) is 0 Å². The molecule has 2 rings (SSSR count). The molecule has 0 saturated carbocycles. The fourth-order valence-corrected chi connectivity index (χ4v) is 2.97. The summed E-state index contributed by atoms with van der Waals surface area (Å²) in [5.74, 6) is -0.187. The number of hydrogen-bond donors (Lipinski definition) is 1. The number of halogens is 1. The van der Waals surface area contributed by atoms with E-state index in [9.17, 15) is 9.59 Å². The Morgan fingerprint density at radius 1 is 1.30 bits per heavy atom. The third-order valence-electron chi connectivity index (χ3n) is 3.69. The van der Waals surface area contributed by atoms with Crippen molar-refractivity contribution in [1.82, 2.24) is 4.90 Å². The average Bonchev–Trinajstić information content (AvgIpc) is 2.71. The number of imide groups is 1. The molecule has 1 fully saturated rings. The quantitative estimate of drug-likeness (QED) is 0.839. The van der Waals surface area contributed by atoms with Crippen molar-refractivity contribution in [2.24, 2.45) is 0 Å². The number of nitrogens with one attached hydrogen (secondary N) is 1. The minimum Gasteiger partial charge on any atom is -0.372 e. The summed E-state index contributed by atoms with van der Waals surface area (Å²) in [7, 11) is 0. The predicted octanol–water partition coefficient (Wildman–Crippen LogP) is 3.18. The van der Waals surface area contributed by atoms with E-state index in [1.54, 1.807) is 0 Å². The van der Waals surface area contributed by atoms with E-state index in [0.717, 1.165) is 23.0 Å². The molecule has 1 aromatic carbocycles. The summed E-state index contributed by atoms with van der Waals surface area (Å²) in [4.78, 5) is 25.9. The Morgan fingerprint density at radius 3 is 2.55 bits per heavy atom. The van der Waals surface area contributed by atoms with Crippen LogP contribution in [0.2, 0.25) is 0 Å². The van der Waals surface area contributed by atoms with Gasteiger partial charge < -0.3 is 5.32 Å². The summed E-state index contributed by atoms with van der Waals surface area (Å²) in [6.45, 7) is 4.01. The van der Waals surface area contributed by atoms with Gasteiger partial charge in [0.25, 0.3) is 5.91 Å². The molecule has 1 aliphatic rings. The van der Waals surface area contributed by atoms with Gasteiger partial charge in [-0.1, -0.05) is 26.0 Å². The smallest absolute Gasteiger partial charge is 0.252 e. The lowest BCUT2D eigenvalue weighted by molar-refractivity contribution is -0.141. The summed E-state index contributed by atoms with van der Waals surface area (Å²) in [6, 6.07) is 7.16. The molecule has 1 aliphatic heterocycles. The number of para-hydroxylation sites is 1. The van der Waals surface area contributed by atoms with Crippen molar-refractivity contribution in [3.05, 3.63) is 28.7 Å². The second-order valence-corrected chi connectivity index (χ2v) is 5.81. The molecule has 2 amide bonds. The van der Waals surface area contributed by atoms with Crippen molar-refractivity contribution in [3.8, 4) is 0 Å². The zero-order valence-electron chi connectivity index (χ0n) is 11.7. The van der Waals surface area contributed by atoms with Crippen LogP contribution in [-0.2, 0) is 9.59 Å². The number of likely N-dealkylation sites (tertiary alicyclic amines) is 1. The van der Waals surface area contributed by atoms with Gasteiger partial charge in [-0.2, -0.15) is 0 Å². The predicted molar refractivity (Wildman–Crippen MR) is 82.4 cm³/mol. The van der Waals surface area contributed by atoms with Gasteiger partial charge in [0.15, 0.2) is 0 Å². The van der Waals surface area contributed by atoms with Crippen LogP contribution < -0.4 is 5.32 Å². The number of carbonyl (C=O) groups excluding carboxylic acids is 2. The average molecular weight is 339 g/mol. The highest BCUT2D eigenvalue weighted by Crippen LogP contribution is 2.26. The van der Waals surface area contributed by atoms with Crippen molar-refractivity contribution in [2.45, 2.75) is 45.2 Å². The molecule has 1 unspecified atom stereocenters. The fraction of sp³-hybridized carbons (Fsp3) is 0.467. The van der Waals surface area contributed by atoms with Crippen molar-refractivity contribution >= 4 is 33.4 Å². The van der Waals surface area contributed by atoms with E-state index in [1.165, 1.54) is 4.90 Å². The van der Waals surface area contributed by atoms with E-state index in [-0.39, 0.29) is 24.3 Å². The van der Waals surface area contributed by atoms with Crippen LogP contribution >= 0.6 is 15.9 Å². The van der Waals surface area contributed by atoms with Crippen molar-refractivity contribution in [3.63, 3.8) is 0 Å². The molecule has 20 heavy (non-hydrogen) atoms. The van der Waals surface area contributed by atoms with Gasteiger partial charge in [-0.05, 0) is 40.9 Å². The molecule has 1 aromatic rings. The first kappa shape index (κ1) is 15.0.